The summed E-state index contributed by atoms with van der Waals surface area (Å²) in [4.78, 5) is 50.6. The molecule has 4 aliphatic carbocycles. The van der Waals surface area contributed by atoms with Gasteiger partial charge in [0.25, 0.3) is 0 Å². The van der Waals surface area contributed by atoms with Crippen molar-refractivity contribution in [3.05, 3.63) is 23.8 Å². The maximum atomic E-state index is 13.9. The highest BCUT2D eigenvalue weighted by molar-refractivity contribution is 9.10. The Hall–Kier alpha value is -1.84. The van der Waals surface area contributed by atoms with Crippen LogP contribution in [0, 0.1) is 28.6 Å². The molecule has 206 valence electrons. The molecular formula is C28H39BrO8. The van der Waals surface area contributed by atoms with Crippen LogP contribution in [-0.2, 0) is 28.7 Å². The second kappa shape index (κ2) is 10.0. The van der Waals surface area contributed by atoms with E-state index in [9.17, 15) is 24.3 Å². The molecule has 3 saturated carbocycles. The minimum absolute atomic E-state index is 0. The molecule has 0 aliphatic heterocycles. The Labute approximate surface area is 226 Å². The number of hydrogen-bond donors (Lipinski definition) is 1. The van der Waals surface area contributed by atoms with E-state index in [0.717, 1.165) is 12.0 Å². The van der Waals surface area contributed by atoms with Crippen LogP contribution in [0.3, 0.4) is 0 Å². The van der Waals surface area contributed by atoms with Crippen LogP contribution in [0.4, 0.5) is 0 Å². The fourth-order valence-corrected chi connectivity index (χ4v) is 9.10. The van der Waals surface area contributed by atoms with E-state index in [1.807, 2.05) is 19.9 Å². The summed E-state index contributed by atoms with van der Waals surface area (Å²) in [6.45, 7) is 8.81. The van der Waals surface area contributed by atoms with Crippen LogP contribution in [0.2, 0.25) is 0 Å². The third-order valence-electron chi connectivity index (χ3n) is 9.81. The van der Waals surface area contributed by atoms with E-state index in [-0.39, 0.29) is 48.3 Å². The van der Waals surface area contributed by atoms with Crippen molar-refractivity contribution in [3.8, 4) is 0 Å². The molecule has 0 aromatic carbocycles. The van der Waals surface area contributed by atoms with Gasteiger partial charge in [-0.1, -0.05) is 62.2 Å². The number of allylic oxidation sites excluding steroid dienone is 4. The Bertz CT molecular complexity index is 1050. The largest absolute Gasteiger partial charge is 0.457 e. The van der Waals surface area contributed by atoms with Gasteiger partial charge in [-0.15, -0.1) is 0 Å². The maximum absolute atomic E-state index is 13.9. The van der Waals surface area contributed by atoms with Crippen LogP contribution < -0.4 is 0 Å². The Kier molecular flexibility index (Phi) is 8.06. The van der Waals surface area contributed by atoms with Crippen LogP contribution in [-0.4, -0.2) is 56.7 Å². The SMILES string of the molecule is CCC(=O)OCC(=O)[C@@]1(OC(=O)CC)[C@@H](C)C[C@H]2[C@@H]3CCC4=CC(=O)C=C[C@]4(C)[C@@]3(Br)[C@@H](O)C[C@@]21C.O. The van der Waals surface area contributed by atoms with Crippen molar-refractivity contribution in [3.63, 3.8) is 0 Å². The Morgan fingerprint density at radius 1 is 1.14 bits per heavy atom. The quantitative estimate of drug-likeness (QED) is 0.374. The Morgan fingerprint density at radius 3 is 2.41 bits per heavy atom. The highest BCUT2D eigenvalue weighted by Gasteiger charge is 2.76. The van der Waals surface area contributed by atoms with Crippen molar-refractivity contribution < 1.29 is 39.2 Å². The van der Waals surface area contributed by atoms with Crippen LogP contribution in [0.5, 0.6) is 0 Å². The molecule has 0 unspecified atom stereocenters. The maximum Gasteiger partial charge on any atom is 0.306 e. The molecular weight excluding hydrogens is 544 g/mol. The highest BCUT2D eigenvalue weighted by Crippen LogP contribution is 2.72. The van der Waals surface area contributed by atoms with E-state index in [0.29, 0.717) is 12.8 Å². The number of rotatable bonds is 6. The van der Waals surface area contributed by atoms with Gasteiger partial charge in [-0.25, -0.2) is 0 Å². The van der Waals surface area contributed by atoms with Crippen molar-refractivity contribution in [1.29, 1.82) is 0 Å². The monoisotopic (exact) mass is 582 g/mol. The lowest BCUT2D eigenvalue weighted by molar-refractivity contribution is -0.202. The van der Waals surface area contributed by atoms with Crippen LogP contribution in [0.15, 0.2) is 23.8 Å². The molecule has 9 heteroatoms. The topological polar surface area (TPSA) is 138 Å². The highest BCUT2D eigenvalue weighted by atomic mass is 79.9. The predicted molar refractivity (Wildman–Crippen MR) is 140 cm³/mol. The second-order valence-electron chi connectivity index (χ2n) is 11.4. The molecule has 4 rings (SSSR count). The molecule has 37 heavy (non-hydrogen) atoms. The zero-order chi connectivity index (χ0) is 26.7. The first-order valence-corrected chi connectivity index (χ1v) is 13.8. The number of ketones is 2. The lowest BCUT2D eigenvalue weighted by Gasteiger charge is -2.64. The number of Topliss-reactive ketones (excluding diaryl/α,β-unsaturated/α-hetero) is 1. The number of hydrogen-bond acceptors (Lipinski definition) is 7. The number of aliphatic hydroxyl groups is 1. The second-order valence-corrected chi connectivity index (χ2v) is 12.7. The van der Waals surface area contributed by atoms with E-state index in [1.165, 1.54) is 0 Å². The molecule has 0 aromatic rings. The van der Waals surface area contributed by atoms with Crippen LogP contribution in [0.25, 0.3) is 0 Å². The lowest BCUT2D eigenvalue weighted by atomic mass is 9.46. The average molecular weight is 584 g/mol. The zero-order valence-corrected chi connectivity index (χ0v) is 23.9. The number of fused-ring (bicyclic) bond motifs is 5. The summed E-state index contributed by atoms with van der Waals surface area (Å²) >= 11 is 4.02. The zero-order valence-electron chi connectivity index (χ0n) is 22.3. The number of alkyl halides is 1. The van der Waals surface area contributed by atoms with Gasteiger partial charge in [0, 0.05) is 29.6 Å². The van der Waals surface area contributed by atoms with Crippen molar-refractivity contribution in [2.45, 2.75) is 89.2 Å². The first-order valence-electron chi connectivity index (χ1n) is 13.0. The number of ether oxygens (including phenoxy) is 2. The van der Waals surface area contributed by atoms with Crippen LogP contribution in [0.1, 0.15) is 73.1 Å². The molecule has 8 nitrogen and oxygen atoms in total. The first kappa shape index (κ1) is 29.7. The van der Waals surface area contributed by atoms with Gasteiger partial charge in [0.15, 0.2) is 18.0 Å². The fraction of sp³-hybridized carbons (Fsp3) is 0.714. The van der Waals surface area contributed by atoms with Gasteiger partial charge in [-0.2, -0.15) is 0 Å². The number of carbonyl (C=O) groups excluding carboxylic acids is 4. The van der Waals surface area contributed by atoms with E-state index in [4.69, 9.17) is 9.47 Å². The summed E-state index contributed by atoms with van der Waals surface area (Å²) in [7, 11) is 0. The minimum atomic E-state index is -1.51. The fourth-order valence-electron chi connectivity index (χ4n) is 8.01. The Morgan fingerprint density at radius 2 is 1.78 bits per heavy atom. The van der Waals surface area contributed by atoms with Crippen LogP contribution >= 0.6 is 15.9 Å². The van der Waals surface area contributed by atoms with Gasteiger partial charge >= 0.3 is 11.9 Å². The minimum Gasteiger partial charge on any atom is -0.457 e. The lowest BCUT2D eigenvalue weighted by Crippen LogP contribution is -2.69. The summed E-state index contributed by atoms with van der Waals surface area (Å²) < 4.78 is 10.6. The Balaban J connectivity index is 0.00000380. The van der Waals surface area contributed by atoms with Gasteiger partial charge in [-0.05, 0) is 49.7 Å². The molecule has 0 bridgehead atoms. The molecule has 3 fully saturated rings. The van der Waals surface area contributed by atoms with E-state index in [1.54, 1.807) is 26.0 Å². The summed E-state index contributed by atoms with van der Waals surface area (Å²) in [6, 6.07) is 0. The predicted octanol–water partition coefficient (Wildman–Crippen LogP) is 3.42. The van der Waals surface area contributed by atoms with Crippen molar-refractivity contribution in [2.24, 2.45) is 28.6 Å². The summed E-state index contributed by atoms with van der Waals surface area (Å²) in [6.07, 6.45) is 6.83. The molecule has 8 atom stereocenters. The van der Waals surface area contributed by atoms with Crippen molar-refractivity contribution in [1.82, 2.24) is 0 Å². The first-order chi connectivity index (χ1) is 16.8. The molecule has 0 amide bonds. The molecule has 0 heterocycles. The summed E-state index contributed by atoms with van der Waals surface area (Å²) in [5, 5.41) is 11.9. The molecule has 0 radical (unpaired) electrons. The summed E-state index contributed by atoms with van der Waals surface area (Å²) in [5.74, 6) is -1.86. The number of carbonyl (C=O) groups is 4. The smallest absolute Gasteiger partial charge is 0.306 e. The molecule has 0 spiro atoms. The molecule has 3 N–H and O–H groups in total. The third kappa shape index (κ3) is 3.98. The molecule has 0 saturated heterocycles. The normalized spacial score (nSPS) is 41.9. The van der Waals surface area contributed by atoms with Crippen molar-refractivity contribution >= 4 is 39.4 Å². The van der Waals surface area contributed by atoms with Gasteiger partial charge in [0.2, 0.25) is 5.78 Å². The van der Waals surface area contributed by atoms with Gasteiger partial charge in [-0.3, -0.25) is 19.2 Å². The average Bonchev–Trinajstić information content (AvgIpc) is 3.05. The number of halogens is 1. The van der Waals surface area contributed by atoms with E-state index >= 15 is 0 Å². The van der Waals surface area contributed by atoms with Crippen molar-refractivity contribution in [2.75, 3.05) is 6.61 Å². The standard InChI is InChI=1S/C28H37BrO7.H2O/c1-6-23(33)35-15-22(32)28(36-24(34)7-2)16(3)12-20-19-9-8-17-13-18(30)10-11-25(17,4)27(19,29)21(31)14-26(20,28)5;/h10-11,13,16,19-21,31H,6-9,12,14-15H2,1-5H3;1H2/t16-,19-,20-,21-,25-,26-,27-,28-;/m0./s1. The van der Waals surface area contributed by atoms with Gasteiger partial charge in [0.05, 0.1) is 10.4 Å². The number of aliphatic hydroxyl groups excluding tert-OH is 1. The van der Waals surface area contributed by atoms with E-state index in [2.05, 4.69) is 22.9 Å². The molecule has 0 aromatic heterocycles. The number of esters is 2. The van der Waals surface area contributed by atoms with Gasteiger partial charge < -0.3 is 20.1 Å². The van der Waals surface area contributed by atoms with Gasteiger partial charge in [0.1, 0.15) is 0 Å². The van der Waals surface area contributed by atoms with E-state index < -0.39 is 51.2 Å². The summed E-state index contributed by atoms with van der Waals surface area (Å²) in [5.41, 5.74) is -1.94. The third-order valence-corrected chi connectivity index (χ3v) is 11.8. The molecule has 4 aliphatic rings.